The molecule has 0 saturated carbocycles. The molecule has 0 radical (unpaired) electrons. The number of amides is 2. The van der Waals surface area contributed by atoms with Gasteiger partial charge >= 0.3 is 20.6 Å². The van der Waals surface area contributed by atoms with Crippen LogP contribution in [-0.4, -0.2) is 162 Å². The first-order valence-corrected chi connectivity index (χ1v) is 36.3. The van der Waals surface area contributed by atoms with E-state index in [0.29, 0.717) is 29.8 Å². The van der Waals surface area contributed by atoms with E-state index in [1.54, 1.807) is 6.20 Å². The lowest BCUT2D eigenvalue weighted by Gasteiger charge is -2.38. The first-order valence-electron chi connectivity index (χ1n) is 25.3. The van der Waals surface area contributed by atoms with Gasteiger partial charge in [-0.3, -0.25) is 36.8 Å². The minimum absolute atomic E-state index is 0.00163. The molecule has 4 aliphatic heterocycles. The van der Waals surface area contributed by atoms with Crippen molar-refractivity contribution in [3.05, 3.63) is 41.1 Å². The minimum Gasteiger partial charge on any atom is -0.450 e. The van der Waals surface area contributed by atoms with Crippen LogP contribution in [0, 0.1) is 11.3 Å². The molecule has 4 aromatic heterocycles. The van der Waals surface area contributed by atoms with Crippen LogP contribution in [0.15, 0.2) is 30.0 Å². The molecule has 3 fully saturated rings. The molecule has 0 spiro atoms. The fourth-order valence-corrected chi connectivity index (χ4v) is 13.1. The van der Waals surface area contributed by atoms with E-state index >= 15 is 8.96 Å². The molecule has 8 rings (SSSR count). The number of nitriles is 1. The van der Waals surface area contributed by atoms with Crippen molar-refractivity contribution in [2.45, 2.75) is 140 Å². The number of aryl methyl sites for hydroxylation is 1. The predicted octanol–water partition coefficient (Wildman–Crippen LogP) is 5.19. The highest BCUT2D eigenvalue weighted by Crippen LogP contribution is 2.57. The van der Waals surface area contributed by atoms with E-state index in [1.165, 1.54) is 32.7 Å². The number of halogens is 1. The Balaban J connectivity index is 1.04. The molecule has 2 bridgehead atoms. The fraction of sp³-hybridized carbons (Fsp3) is 0.689. The Bertz CT molecular complexity index is 2970. The number of alkyl halides is 1. The van der Waals surface area contributed by atoms with Gasteiger partial charge in [0.15, 0.2) is 29.8 Å². The smallest absolute Gasteiger partial charge is 0.450 e. The van der Waals surface area contributed by atoms with Gasteiger partial charge in [-0.1, -0.05) is 53.5 Å². The van der Waals surface area contributed by atoms with Crippen LogP contribution in [0.1, 0.15) is 51.6 Å². The molecular formula is C45H68FN11O15P2SSi2. The zero-order chi connectivity index (χ0) is 55.5. The number of ether oxygens (including phenoxy) is 5. The van der Waals surface area contributed by atoms with Crippen LogP contribution >= 0.6 is 14.5 Å². The average molecular weight is 1170 g/mol. The number of nitrogens with one attached hydrogen (secondary N) is 3. The van der Waals surface area contributed by atoms with Crippen molar-refractivity contribution in [1.82, 2.24) is 44.3 Å². The molecule has 10 atom stereocenters. The van der Waals surface area contributed by atoms with E-state index in [2.05, 4.69) is 89.4 Å². The number of carbonyl (C=O) groups is 2. The van der Waals surface area contributed by atoms with Gasteiger partial charge in [-0.2, -0.15) is 5.26 Å². The van der Waals surface area contributed by atoms with Crippen molar-refractivity contribution in [3.8, 4) is 6.07 Å². The van der Waals surface area contributed by atoms with E-state index in [1.807, 2.05) is 6.07 Å². The molecule has 2 unspecified atom stereocenters. The SMILES string of the molecule is CC(C)(C)[Si](C)(C)CO[C@H]1[C@H]2OP(=O)(OCCC#N)OC[C@H]3O[C@@H](n4cc5c6c(ncnc64)NCCC5)[C@H](F)[C@@H]3OP(O)(=S)OC[C@H]1O[C@H]2n1cnc2c(=O)n(CCOCNC(=O)CNC(=O)OCC[Si](C)(C)C)cnc21. The molecule has 77 heavy (non-hydrogen) atoms. The third-order valence-corrected chi connectivity index (χ3v) is 23.7. The number of rotatable bonds is 18. The highest BCUT2D eigenvalue weighted by Gasteiger charge is 2.56. The Kier molecular flexibility index (Phi) is 18.6. The molecule has 32 heteroatoms. The molecule has 3 saturated heterocycles. The summed E-state index contributed by atoms with van der Waals surface area (Å²) in [6, 6.07) is 2.74. The van der Waals surface area contributed by atoms with E-state index in [-0.39, 0.29) is 61.9 Å². The second-order valence-electron chi connectivity index (χ2n) is 21.9. The maximum atomic E-state index is 17.1. The number of hydrogen-bond donors (Lipinski definition) is 4. The van der Waals surface area contributed by atoms with E-state index in [4.69, 9.17) is 58.1 Å². The zero-order valence-corrected chi connectivity index (χ0v) is 48.9. The van der Waals surface area contributed by atoms with E-state index in [0.717, 1.165) is 18.0 Å². The van der Waals surface area contributed by atoms with E-state index in [9.17, 15) is 24.5 Å². The number of alkyl carbamates (subject to hydrolysis) is 1. The first kappa shape index (κ1) is 59.0. The summed E-state index contributed by atoms with van der Waals surface area (Å²) in [7, 11) is -8.56. The summed E-state index contributed by atoms with van der Waals surface area (Å²) < 4.78 is 97.1. The number of imidazole rings is 1. The number of hydrogen-bond acceptors (Lipinski definition) is 21. The molecule has 4 aromatic rings. The van der Waals surface area contributed by atoms with Gasteiger partial charge in [0, 0.05) is 27.0 Å². The topological polar surface area (TPSA) is 307 Å². The summed E-state index contributed by atoms with van der Waals surface area (Å²) >= 11 is 5.55. The van der Waals surface area contributed by atoms with Gasteiger partial charge < -0.3 is 53.6 Å². The number of phosphoric acid groups is 1. The summed E-state index contributed by atoms with van der Waals surface area (Å²) in [5.74, 6) is 0.0725. The summed E-state index contributed by atoms with van der Waals surface area (Å²) in [5, 5.41) is 18.2. The number of fused-ring (bicyclic) bond motifs is 4. The number of phosphoric ester groups is 1. The number of anilines is 1. The van der Waals surface area contributed by atoms with Crippen molar-refractivity contribution in [2.24, 2.45) is 0 Å². The molecular weight excluding hydrogens is 1100 g/mol. The maximum Gasteiger partial charge on any atom is 0.475 e. The third kappa shape index (κ3) is 14.1. The van der Waals surface area contributed by atoms with Crippen molar-refractivity contribution >= 4 is 82.5 Å². The van der Waals surface area contributed by atoms with Gasteiger partial charge in [-0.15, -0.1) is 0 Å². The maximum absolute atomic E-state index is 17.1. The molecule has 0 aromatic carbocycles. The highest BCUT2D eigenvalue weighted by atomic mass is 32.5. The zero-order valence-electron chi connectivity index (χ0n) is 44.2. The van der Waals surface area contributed by atoms with Crippen LogP contribution in [-0.2, 0) is 80.4 Å². The Morgan fingerprint density at radius 3 is 2.51 bits per heavy atom. The minimum atomic E-state index is -4.88. The fourth-order valence-electron chi connectivity index (χ4n) is 8.58. The monoisotopic (exact) mass is 1170 g/mol. The lowest BCUT2D eigenvalue weighted by molar-refractivity contribution is -0.121. The average Bonchev–Trinajstić information content (AvgIpc) is 4.17. The van der Waals surface area contributed by atoms with Crippen LogP contribution in [0.3, 0.4) is 0 Å². The lowest BCUT2D eigenvalue weighted by atomic mass is 10.1. The van der Waals surface area contributed by atoms with E-state index < -0.39 is 117 Å². The molecule has 4 N–H and O–H groups in total. The van der Waals surface area contributed by atoms with Gasteiger partial charge in [0.05, 0.1) is 71.9 Å². The first-order chi connectivity index (χ1) is 36.4. The van der Waals surface area contributed by atoms with Crippen molar-refractivity contribution in [1.29, 1.82) is 5.26 Å². The molecule has 0 aliphatic carbocycles. The summed E-state index contributed by atoms with van der Waals surface area (Å²) in [5.41, 5.74) is 0.600. The third-order valence-electron chi connectivity index (χ3n) is 14.0. The van der Waals surface area contributed by atoms with Crippen LogP contribution in [0.4, 0.5) is 15.0 Å². The van der Waals surface area contributed by atoms with Crippen molar-refractivity contribution in [3.63, 3.8) is 0 Å². The molecule has 2 amide bonds. The van der Waals surface area contributed by atoms with Gasteiger partial charge in [-0.25, -0.2) is 33.7 Å². The number of nitrogens with zero attached hydrogens (tertiary/aromatic N) is 8. The summed E-state index contributed by atoms with van der Waals surface area (Å²) in [6.45, 7) is 11.4. The summed E-state index contributed by atoms with van der Waals surface area (Å²) in [6.07, 6.45) is -5.30. The van der Waals surface area contributed by atoms with Crippen molar-refractivity contribution in [2.75, 3.05) is 64.4 Å². The second kappa shape index (κ2) is 24.3. The van der Waals surface area contributed by atoms with Crippen LogP contribution in [0.5, 0.6) is 0 Å². The number of carbonyl (C=O) groups excluding carboxylic acids is 2. The molecule has 4 aliphatic rings. The largest absolute Gasteiger partial charge is 0.475 e. The quantitative estimate of drug-likeness (QED) is 0.0431. The van der Waals surface area contributed by atoms with Crippen LogP contribution in [0.25, 0.3) is 22.2 Å². The summed E-state index contributed by atoms with van der Waals surface area (Å²) in [4.78, 5) is 67.7. The Morgan fingerprint density at radius 1 is 0.987 bits per heavy atom. The van der Waals surface area contributed by atoms with Gasteiger partial charge in [-0.05, 0) is 41.3 Å². The van der Waals surface area contributed by atoms with Crippen LogP contribution < -0.4 is 21.5 Å². The molecule has 26 nitrogen and oxygen atoms in total. The normalized spacial score (nSPS) is 28.1. The second-order valence-corrected chi connectivity index (χ2v) is 37.5. The van der Waals surface area contributed by atoms with Crippen LogP contribution in [0.2, 0.25) is 43.8 Å². The predicted molar refractivity (Wildman–Crippen MR) is 284 cm³/mol. The molecule has 424 valence electrons. The Hall–Kier alpha value is -4.16. The highest BCUT2D eigenvalue weighted by molar-refractivity contribution is 8.07. The standard InChI is InChI=1S/C45H68FN11O15P2SSi2/c1-45(2,3)77(7,8)27-65-36-30-22-68-74(62,75)72-35-29(69-42(33(35)46)56-20-28-11-9-13-48-38-32(28)39(56)51-23-50-38)21-67-73(61,66-15-10-12-47)71-37(36)43(70-30)57-25-52-34-40(57)53-24-55(41(34)59)14-16-63-26-54-31(58)19-49-44(60)64-17-18-76(4,5)6/h20,23-25,29-30,33,35-37,42-43H,9-11,13-19,21-22,26-27H2,1-8H3,(H,49,60)(H,54,58)(H,62,75)(H,48,50,51)/t29-,30-,33-,35-,36-,37-,42-,43-,73?,74?/m1/s1. The number of aromatic nitrogens is 7. The van der Waals surface area contributed by atoms with Gasteiger partial charge in [0.2, 0.25) is 5.91 Å². The van der Waals surface area contributed by atoms with Crippen molar-refractivity contribution < 1.29 is 69.7 Å². The van der Waals surface area contributed by atoms with Gasteiger partial charge in [0.25, 0.3) is 5.56 Å². The Labute approximate surface area is 451 Å². The Morgan fingerprint density at radius 2 is 1.75 bits per heavy atom. The lowest BCUT2D eigenvalue weighted by Crippen LogP contribution is -2.47. The molecule has 8 heterocycles. The van der Waals surface area contributed by atoms with Gasteiger partial charge in [0.1, 0.15) is 67.9 Å².